The first-order valence-corrected chi connectivity index (χ1v) is 9.61. The summed E-state index contributed by atoms with van der Waals surface area (Å²) in [4.78, 5) is 27.5. The summed E-state index contributed by atoms with van der Waals surface area (Å²) in [7, 11) is 0. The first kappa shape index (κ1) is 17.8. The van der Waals surface area contributed by atoms with Crippen LogP contribution in [0.15, 0.2) is 42.6 Å². The zero-order valence-corrected chi connectivity index (χ0v) is 15.2. The second kappa shape index (κ2) is 7.55. The van der Waals surface area contributed by atoms with Gasteiger partial charge in [-0.15, -0.1) is 0 Å². The smallest absolute Gasteiger partial charge is 0.249 e. The fraction of sp³-hybridized carbons (Fsp3) is 0.429. The zero-order valence-electron chi connectivity index (χ0n) is 15.2. The molecule has 2 aromatic rings. The third kappa shape index (κ3) is 3.75. The molecule has 2 heterocycles. The van der Waals surface area contributed by atoms with Crippen LogP contribution in [-0.2, 0) is 22.7 Å². The van der Waals surface area contributed by atoms with Crippen molar-refractivity contribution in [3.8, 4) is 0 Å². The summed E-state index contributed by atoms with van der Waals surface area (Å²) in [6.07, 6.45) is 7.29. The van der Waals surface area contributed by atoms with Crippen LogP contribution in [-0.4, -0.2) is 27.3 Å². The van der Waals surface area contributed by atoms with Crippen LogP contribution in [0.4, 0.5) is 4.39 Å². The van der Waals surface area contributed by atoms with E-state index in [1.165, 1.54) is 18.6 Å². The van der Waals surface area contributed by atoms with Crippen LogP contribution in [0, 0.1) is 5.82 Å². The highest BCUT2D eigenvalue weighted by Crippen LogP contribution is 2.29. The summed E-state index contributed by atoms with van der Waals surface area (Å²) in [6, 6.07) is 9.36. The molecule has 1 aromatic carbocycles. The van der Waals surface area contributed by atoms with Crippen LogP contribution in [0.25, 0.3) is 0 Å². The number of halogens is 1. The largest absolute Gasteiger partial charge is 0.351 e. The molecule has 4 rings (SSSR count). The molecule has 142 valence electrons. The number of carbonyl (C=O) groups is 2. The van der Waals surface area contributed by atoms with E-state index in [0.29, 0.717) is 0 Å². The van der Waals surface area contributed by atoms with Gasteiger partial charge in [-0.05, 0) is 42.7 Å². The van der Waals surface area contributed by atoms with Crippen molar-refractivity contribution in [1.29, 1.82) is 0 Å². The number of nitrogens with one attached hydrogen (secondary N) is 1. The molecule has 0 saturated heterocycles. The summed E-state index contributed by atoms with van der Waals surface area (Å²) in [6.45, 7) is 0.504. The van der Waals surface area contributed by atoms with E-state index in [-0.39, 0.29) is 36.8 Å². The van der Waals surface area contributed by atoms with Gasteiger partial charge in [0.05, 0.1) is 5.69 Å². The predicted molar refractivity (Wildman–Crippen MR) is 99.1 cm³/mol. The van der Waals surface area contributed by atoms with Gasteiger partial charge in [0.25, 0.3) is 0 Å². The average molecular weight is 369 g/mol. The highest BCUT2D eigenvalue weighted by Gasteiger charge is 2.38. The molecule has 0 unspecified atom stereocenters. The average Bonchev–Trinajstić information content (AvgIpc) is 3.12. The maximum Gasteiger partial charge on any atom is 0.249 e. The molecule has 1 aliphatic carbocycles. The Bertz CT molecular complexity index is 824. The maximum atomic E-state index is 13.2. The lowest BCUT2D eigenvalue weighted by Crippen LogP contribution is -2.50. The Morgan fingerprint density at radius 1 is 1.11 bits per heavy atom. The molecule has 0 spiro atoms. The minimum absolute atomic E-state index is 0.105. The topological polar surface area (TPSA) is 54.3 Å². The molecule has 2 amide bonds. The van der Waals surface area contributed by atoms with Gasteiger partial charge in [-0.25, -0.2) is 4.39 Å². The number of aromatic nitrogens is 1. The van der Waals surface area contributed by atoms with Gasteiger partial charge in [0, 0.05) is 18.8 Å². The lowest BCUT2D eigenvalue weighted by molar-refractivity contribution is -0.144. The molecule has 0 bridgehead atoms. The molecular formula is C21H24FN3O2. The summed E-state index contributed by atoms with van der Waals surface area (Å²) in [5.74, 6) is -0.548. The number of hydrogen-bond acceptors (Lipinski definition) is 2. The standard InChI is InChI=1S/C21H24FN3O2/c22-16-10-8-15(9-11-16)13-25-19(26)14-24-12-4-7-18(24)20(25)21(27)23-17-5-2-1-3-6-17/h4,7-12,17,20H,1-3,5-6,13-14H2,(H,23,27)/t20-/m1/s1. The molecule has 1 fully saturated rings. The number of rotatable bonds is 4. The Kier molecular flexibility index (Phi) is 4.97. The Balaban J connectivity index is 1.59. The minimum atomic E-state index is -0.659. The van der Waals surface area contributed by atoms with Gasteiger partial charge in [-0.3, -0.25) is 9.59 Å². The van der Waals surface area contributed by atoms with Gasteiger partial charge in [0.1, 0.15) is 12.4 Å². The lowest BCUT2D eigenvalue weighted by Gasteiger charge is -2.37. The van der Waals surface area contributed by atoms with E-state index < -0.39 is 6.04 Å². The Hall–Kier alpha value is -2.63. The molecule has 2 aliphatic rings. The fourth-order valence-corrected chi connectivity index (χ4v) is 4.13. The van der Waals surface area contributed by atoms with Crippen molar-refractivity contribution < 1.29 is 14.0 Å². The highest BCUT2D eigenvalue weighted by molar-refractivity contribution is 5.90. The van der Waals surface area contributed by atoms with Gasteiger partial charge >= 0.3 is 0 Å². The molecule has 6 heteroatoms. The number of hydrogen-bond donors (Lipinski definition) is 1. The summed E-state index contributed by atoms with van der Waals surface area (Å²) in [5, 5.41) is 3.16. The quantitative estimate of drug-likeness (QED) is 0.900. The van der Waals surface area contributed by atoms with E-state index in [1.54, 1.807) is 17.0 Å². The minimum Gasteiger partial charge on any atom is -0.351 e. The monoisotopic (exact) mass is 369 g/mol. The van der Waals surface area contributed by atoms with Crippen LogP contribution in [0.2, 0.25) is 0 Å². The molecule has 1 atom stereocenters. The molecule has 1 saturated carbocycles. The van der Waals surface area contributed by atoms with Crippen molar-refractivity contribution in [2.45, 2.75) is 57.3 Å². The molecule has 1 aliphatic heterocycles. The fourth-order valence-electron chi connectivity index (χ4n) is 4.13. The van der Waals surface area contributed by atoms with E-state index in [2.05, 4.69) is 5.32 Å². The van der Waals surface area contributed by atoms with Crippen molar-refractivity contribution in [2.24, 2.45) is 0 Å². The van der Waals surface area contributed by atoms with E-state index in [1.807, 2.05) is 22.9 Å². The second-order valence-corrected chi connectivity index (χ2v) is 7.46. The third-order valence-electron chi connectivity index (χ3n) is 5.55. The van der Waals surface area contributed by atoms with Gasteiger partial charge in [0.2, 0.25) is 11.8 Å². The van der Waals surface area contributed by atoms with E-state index >= 15 is 0 Å². The van der Waals surface area contributed by atoms with Crippen LogP contribution >= 0.6 is 0 Å². The number of nitrogens with zero attached hydrogens (tertiary/aromatic N) is 2. The van der Waals surface area contributed by atoms with Crippen molar-refractivity contribution in [1.82, 2.24) is 14.8 Å². The van der Waals surface area contributed by atoms with E-state index in [0.717, 1.165) is 36.9 Å². The molecule has 27 heavy (non-hydrogen) atoms. The van der Waals surface area contributed by atoms with Gasteiger partial charge < -0.3 is 14.8 Å². The van der Waals surface area contributed by atoms with Crippen molar-refractivity contribution in [2.75, 3.05) is 0 Å². The van der Waals surface area contributed by atoms with Crippen LogP contribution in [0.1, 0.15) is 49.4 Å². The van der Waals surface area contributed by atoms with Crippen LogP contribution < -0.4 is 5.32 Å². The lowest BCUT2D eigenvalue weighted by atomic mass is 9.95. The summed E-state index contributed by atoms with van der Waals surface area (Å²) < 4.78 is 15.1. The van der Waals surface area contributed by atoms with Crippen molar-refractivity contribution in [3.05, 3.63) is 59.7 Å². The Labute approximate surface area is 158 Å². The number of amides is 2. The zero-order chi connectivity index (χ0) is 18.8. The SMILES string of the molecule is O=C(NC1CCCCC1)[C@H]1c2cccn2CC(=O)N1Cc1ccc(F)cc1. The molecule has 1 aromatic heterocycles. The van der Waals surface area contributed by atoms with Crippen molar-refractivity contribution >= 4 is 11.8 Å². The van der Waals surface area contributed by atoms with Crippen LogP contribution in [0.3, 0.4) is 0 Å². The highest BCUT2D eigenvalue weighted by atomic mass is 19.1. The Morgan fingerprint density at radius 2 is 1.85 bits per heavy atom. The molecule has 5 nitrogen and oxygen atoms in total. The second-order valence-electron chi connectivity index (χ2n) is 7.46. The first-order chi connectivity index (χ1) is 13.1. The predicted octanol–water partition coefficient (Wildman–Crippen LogP) is 3.16. The van der Waals surface area contributed by atoms with Gasteiger partial charge in [-0.1, -0.05) is 31.4 Å². The third-order valence-corrected chi connectivity index (χ3v) is 5.55. The first-order valence-electron chi connectivity index (χ1n) is 9.61. The van der Waals surface area contributed by atoms with Crippen molar-refractivity contribution in [3.63, 3.8) is 0 Å². The number of benzene rings is 1. The summed E-state index contributed by atoms with van der Waals surface area (Å²) in [5.41, 5.74) is 1.63. The van der Waals surface area contributed by atoms with E-state index in [9.17, 15) is 14.0 Å². The number of carbonyl (C=O) groups excluding carboxylic acids is 2. The summed E-state index contributed by atoms with van der Waals surface area (Å²) >= 11 is 0. The molecule has 1 N–H and O–H groups in total. The van der Waals surface area contributed by atoms with Gasteiger partial charge in [-0.2, -0.15) is 0 Å². The number of fused-ring (bicyclic) bond motifs is 1. The Morgan fingerprint density at radius 3 is 2.59 bits per heavy atom. The molecule has 0 radical (unpaired) electrons. The van der Waals surface area contributed by atoms with Gasteiger partial charge in [0.15, 0.2) is 6.04 Å². The molecular weight excluding hydrogens is 345 g/mol. The normalized spacial score (nSPS) is 20.4. The maximum absolute atomic E-state index is 13.2. The van der Waals surface area contributed by atoms with Crippen LogP contribution in [0.5, 0.6) is 0 Å². The van der Waals surface area contributed by atoms with E-state index in [4.69, 9.17) is 0 Å².